The van der Waals surface area contributed by atoms with Crippen LogP contribution in [0.5, 0.6) is 0 Å². The van der Waals surface area contributed by atoms with Gasteiger partial charge >= 0.3 is 0 Å². The van der Waals surface area contributed by atoms with Gasteiger partial charge in [-0.3, -0.25) is 9.59 Å². The van der Waals surface area contributed by atoms with Crippen LogP contribution in [-0.2, 0) is 9.59 Å². The Morgan fingerprint density at radius 2 is 1.96 bits per heavy atom. The third kappa shape index (κ3) is 4.46. The number of halogens is 2. The van der Waals surface area contributed by atoms with Gasteiger partial charge in [-0.25, -0.2) is 9.97 Å². The second-order valence-corrected chi connectivity index (χ2v) is 6.82. The van der Waals surface area contributed by atoms with Crippen LogP contribution in [0.25, 0.3) is 11.4 Å². The quantitative estimate of drug-likeness (QED) is 0.749. The van der Waals surface area contributed by atoms with Crippen LogP contribution < -0.4 is 5.32 Å². The minimum absolute atomic E-state index is 0.0110. The summed E-state index contributed by atoms with van der Waals surface area (Å²) in [6, 6.07) is 6.07. The molecule has 1 N–H and O–H groups in total. The molecule has 1 aromatic heterocycles. The molecule has 0 radical (unpaired) electrons. The van der Waals surface area contributed by atoms with E-state index in [-0.39, 0.29) is 17.9 Å². The van der Waals surface area contributed by atoms with Crippen molar-refractivity contribution < 1.29 is 9.59 Å². The van der Waals surface area contributed by atoms with Crippen LogP contribution in [0.3, 0.4) is 0 Å². The maximum absolute atomic E-state index is 12.7. The van der Waals surface area contributed by atoms with Crippen molar-refractivity contribution in [1.29, 1.82) is 0 Å². The molecule has 3 rings (SSSR count). The zero-order valence-corrected chi connectivity index (χ0v) is 16.1. The van der Waals surface area contributed by atoms with Gasteiger partial charge in [-0.15, -0.1) is 0 Å². The van der Waals surface area contributed by atoms with Crippen molar-refractivity contribution in [3.8, 4) is 11.4 Å². The molecule has 27 heavy (non-hydrogen) atoms. The Kier molecular flexibility index (Phi) is 6.08. The first-order valence-corrected chi connectivity index (χ1v) is 9.25. The van der Waals surface area contributed by atoms with E-state index in [0.29, 0.717) is 22.0 Å². The lowest BCUT2D eigenvalue weighted by molar-refractivity contribution is -0.137. The first kappa shape index (κ1) is 19.3. The highest BCUT2D eigenvalue weighted by atomic mass is 35.5. The van der Waals surface area contributed by atoms with Crippen LogP contribution in [0.4, 0.5) is 0 Å². The summed E-state index contributed by atoms with van der Waals surface area (Å²) in [4.78, 5) is 35.4. The Bertz CT molecular complexity index is 869. The number of hydrogen-bond acceptors (Lipinski definition) is 4. The van der Waals surface area contributed by atoms with Crippen LogP contribution in [0.2, 0.25) is 5.02 Å². The molecule has 1 aliphatic rings. The Morgan fingerprint density at radius 3 is 2.56 bits per heavy atom. The Hall–Kier alpha value is -2.44. The molecule has 1 saturated carbocycles. The number of amides is 2. The molecule has 140 valence electrons. The van der Waals surface area contributed by atoms with Gasteiger partial charge in [-0.1, -0.05) is 23.2 Å². The largest absolute Gasteiger partial charge is 0.357 e. The normalized spacial score (nSPS) is 14.8. The molecule has 2 aromatic rings. The number of hydrogen-bond donors (Lipinski definition) is 1. The maximum atomic E-state index is 12.7. The highest BCUT2D eigenvalue weighted by molar-refractivity contribution is 6.31. The van der Waals surface area contributed by atoms with Gasteiger partial charge in [0, 0.05) is 47.7 Å². The van der Waals surface area contributed by atoms with E-state index in [9.17, 15) is 9.59 Å². The zero-order valence-electron chi connectivity index (χ0n) is 14.6. The topological polar surface area (TPSA) is 75.2 Å². The highest BCUT2D eigenvalue weighted by Gasteiger charge is 2.40. The average molecular weight is 405 g/mol. The number of benzene rings is 1. The third-order valence-electron chi connectivity index (χ3n) is 4.23. The van der Waals surface area contributed by atoms with E-state index in [1.807, 2.05) is 0 Å². The summed E-state index contributed by atoms with van der Waals surface area (Å²) in [7, 11) is 1.54. The van der Waals surface area contributed by atoms with E-state index in [1.54, 1.807) is 41.6 Å². The summed E-state index contributed by atoms with van der Waals surface area (Å²) in [5.41, 5.74) is 2.41. The fourth-order valence-electron chi connectivity index (χ4n) is 2.93. The van der Waals surface area contributed by atoms with Gasteiger partial charge in [0.05, 0.1) is 0 Å². The lowest BCUT2D eigenvalue weighted by Crippen LogP contribution is -2.43. The van der Waals surface area contributed by atoms with Gasteiger partial charge in [-0.05, 0) is 42.7 Å². The predicted octanol–water partition coefficient (Wildman–Crippen LogP) is 3.33. The summed E-state index contributed by atoms with van der Waals surface area (Å²) >= 11 is 11.9. The van der Waals surface area contributed by atoms with E-state index in [0.717, 1.165) is 18.4 Å². The number of rotatable bonds is 6. The van der Waals surface area contributed by atoms with E-state index in [2.05, 4.69) is 15.3 Å². The van der Waals surface area contributed by atoms with Gasteiger partial charge < -0.3 is 10.2 Å². The van der Waals surface area contributed by atoms with Crippen molar-refractivity contribution in [3.05, 3.63) is 58.9 Å². The fraction of sp³-hybridized carbons (Fsp3) is 0.263. The third-order valence-corrected chi connectivity index (χ3v) is 4.58. The molecule has 8 heteroatoms. The first-order chi connectivity index (χ1) is 13.0. The number of carbonyl (C=O) groups excluding carboxylic acids is 2. The van der Waals surface area contributed by atoms with Crippen LogP contribution in [-0.4, -0.2) is 39.8 Å². The maximum Gasteiger partial charge on any atom is 0.248 e. The summed E-state index contributed by atoms with van der Waals surface area (Å²) in [6.07, 6.45) is 6.19. The van der Waals surface area contributed by atoms with Crippen LogP contribution in [0.15, 0.2) is 48.3 Å². The lowest BCUT2D eigenvalue weighted by atomic mass is 10.0. The number of aromatic nitrogens is 2. The number of nitrogens with one attached hydrogen (secondary N) is 1. The number of nitrogens with zero attached hydrogens (tertiary/aromatic N) is 3. The zero-order chi connectivity index (χ0) is 19.4. The van der Waals surface area contributed by atoms with Crippen LogP contribution in [0.1, 0.15) is 24.4 Å². The Morgan fingerprint density at radius 1 is 1.26 bits per heavy atom. The van der Waals surface area contributed by atoms with Gasteiger partial charge in [-0.2, -0.15) is 0 Å². The summed E-state index contributed by atoms with van der Waals surface area (Å²) in [5, 5.41) is 3.07. The molecule has 1 fully saturated rings. The van der Waals surface area contributed by atoms with Crippen molar-refractivity contribution in [2.75, 3.05) is 7.05 Å². The van der Waals surface area contributed by atoms with Gasteiger partial charge in [0.1, 0.15) is 6.04 Å². The van der Waals surface area contributed by atoms with Gasteiger partial charge in [0.25, 0.3) is 0 Å². The molecule has 1 unspecified atom stereocenters. The van der Waals surface area contributed by atoms with Crippen molar-refractivity contribution >= 4 is 35.0 Å². The second-order valence-electron chi connectivity index (χ2n) is 6.13. The smallest absolute Gasteiger partial charge is 0.248 e. The van der Waals surface area contributed by atoms with Crippen molar-refractivity contribution in [3.63, 3.8) is 0 Å². The average Bonchev–Trinajstić information content (AvgIpc) is 3.50. The molecule has 0 saturated heterocycles. The van der Waals surface area contributed by atoms with E-state index < -0.39 is 6.04 Å². The Labute approximate surface area is 167 Å². The molecule has 1 aliphatic carbocycles. The summed E-state index contributed by atoms with van der Waals surface area (Å²) in [5.74, 6) is -0.138. The second kappa shape index (κ2) is 8.50. The molecule has 0 aliphatic heterocycles. The van der Waals surface area contributed by atoms with E-state index >= 15 is 0 Å². The van der Waals surface area contributed by atoms with Gasteiger partial charge in [0.2, 0.25) is 11.8 Å². The van der Waals surface area contributed by atoms with Crippen molar-refractivity contribution in [2.45, 2.75) is 24.9 Å². The highest BCUT2D eigenvalue weighted by Crippen LogP contribution is 2.37. The number of carbonyl (C=O) groups is 2. The molecule has 0 bridgehead atoms. The fourth-order valence-corrected chi connectivity index (χ4v) is 3.28. The standard InChI is InChI=1S/C19H18Cl2N4O2/c1-22-19(27)17(25(15-3-4-15)16(26)5-6-20)12-9-13(11-14(21)10-12)18-23-7-2-8-24-18/h2,5-11,15,17H,3-4H2,1H3,(H,22,27)/b6-5-. The molecule has 0 spiro atoms. The monoisotopic (exact) mass is 404 g/mol. The molecule has 2 amide bonds. The van der Waals surface area contributed by atoms with Crippen LogP contribution in [0, 0.1) is 0 Å². The number of likely N-dealkylation sites (N-methyl/N-ethyl adjacent to an activating group) is 1. The van der Waals surface area contributed by atoms with E-state index in [4.69, 9.17) is 23.2 Å². The molecule has 6 nitrogen and oxygen atoms in total. The summed E-state index contributed by atoms with van der Waals surface area (Å²) < 4.78 is 0. The minimum atomic E-state index is -0.830. The van der Waals surface area contributed by atoms with Gasteiger partial charge in [0.15, 0.2) is 5.82 Å². The molecule has 1 aromatic carbocycles. The molecule has 1 heterocycles. The van der Waals surface area contributed by atoms with Crippen molar-refractivity contribution in [1.82, 2.24) is 20.2 Å². The first-order valence-electron chi connectivity index (χ1n) is 8.43. The molecular weight excluding hydrogens is 387 g/mol. The molecular formula is C19H18Cl2N4O2. The Balaban J connectivity index is 2.09. The lowest BCUT2D eigenvalue weighted by Gasteiger charge is -2.30. The van der Waals surface area contributed by atoms with Crippen molar-refractivity contribution in [2.24, 2.45) is 0 Å². The minimum Gasteiger partial charge on any atom is -0.357 e. The summed E-state index contributed by atoms with van der Waals surface area (Å²) in [6.45, 7) is 0. The predicted molar refractivity (Wildman–Crippen MR) is 104 cm³/mol. The van der Waals surface area contributed by atoms with Crippen LogP contribution >= 0.6 is 23.2 Å². The van der Waals surface area contributed by atoms with E-state index in [1.165, 1.54) is 13.1 Å². The molecule has 1 atom stereocenters. The SMILES string of the molecule is CNC(=O)C(c1cc(Cl)cc(-c2ncccn2)c1)N(C(=O)/C=C\Cl)C1CC1.